The molecule has 1 heterocycles. The molecule has 0 bridgehead atoms. The summed E-state index contributed by atoms with van der Waals surface area (Å²) in [6.45, 7) is 0.885. The van der Waals surface area contributed by atoms with Crippen LogP contribution in [0.25, 0.3) is 0 Å². The highest BCUT2D eigenvalue weighted by atomic mass is 32.2. The van der Waals surface area contributed by atoms with Crippen LogP contribution >= 0.6 is 0 Å². The molecule has 8 heteroatoms. The van der Waals surface area contributed by atoms with Crippen LogP contribution in [0.2, 0.25) is 0 Å². The number of nitrogens with two attached hydrogens (primary N) is 1. The summed E-state index contributed by atoms with van der Waals surface area (Å²) >= 11 is 0. The van der Waals surface area contributed by atoms with Gasteiger partial charge < -0.3 is 10.6 Å². The average Bonchev–Trinajstić information content (AvgIpc) is 2.25. The number of carbonyl (C=O) groups is 1. The zero-order valence-electron chi connectivity index (χ0n) is 9.79. The fourth-order valence-corrected chi connectivity index (χ4v) is 3.29. The number of rotatable bonds is 4. The van der Waals surface area contributed by atoms with Gasteiger partial charge in [0.2, 0.25) is 5.91 Å². The Kier molecular flexibility index (Phi) is 5.08. The van der Waals surface area contributed by atoms with Gasteiger partial charge in [-0.25, -0.2) is 8.42 Å². The minimum atomic E-state index is -3.09. The van der Waals surface area contributed by atoms with Gasteiger partial charge >= 0.3 is 0 Å². The van der Waals surface area contributed by atoms with Crippen LogP contribution < -0.4 is 5.73 Å². The lowest BCUT2D eigenvalue weighted by Gasteiger charge is -2.28. The van der Waals surface area contributed by atoms with Crippen molar-refractivity contribution in [3.8, 4) is 0 Å². The highest BCUT2D eigenvalue weighted by Gasteiger charge is 2.25. The zero-order valence-corrected chi connectivity index (χ0v) is 11.4. The Hall–Kier alpha value is -0.470. The average molecular weight is 282 g/mol. The molecular weight excluding hydrogens is 264 g/mol. The highest BCUT2D eigenvalue weighted by molar-refractivity contribution is 7.90. The van der Waals surface area contributed by atoms with E-state index in [1.807, 2.05) is 0 Å². The van der Waals surface area contributed by atoms with Crippen LogP contribution in [0.15, 0.2) is 0 Å². The summed E-state index contributed by atoms with van der Waals surface area (Å²) in [5.74, 6) is 0.625. The topological polar surface area (TPSA) is 97.5 Å². The fourth-order valence-electron chi connectivity index (χ4n) is 1.56. The highest BCUT2D eigenvalue weighted by Crippen LogP contribution is 2.04. The summed E-state index contributed by atoms with van der Waals surface area (Å²) in [4.78, 5) is 13.4. The van der Waals surface area contributed by atoms with E-state index >= 15 is 0 Å². The smallest absolute Gasteiger partial charge is 0.239 e. The molecule has 1 rings (SSSR count). The van der Waals surface area contributed by atoms with E-state index in [0.29, 0.717) is 24.6 Å². The summed E-state index contributed by atoms with van der Waals surface area (Å²) < 4.78 is 33.0. The molecular formula is C9H18N2O4S2. The molecule has 0 aromatic rings. The molecule has 2 N–H and O–H groups in total. The number of amides is 1. The van der Waals surface area contributed by atoms with Gasteiger partial charge in [-0.15, -0.1) is 0 Å². The monoisotopic (exact) mass is 282 g/mol. The Morgan fingerprint density at radius 3 is 2.41 bits per heavy atom. The van der Waals surface area contributed by atoms with E-state index in [0.717, 1.165) is 6.26 Å². The van der Waals surface area contributed by atoms with Crippen molar-refractivity contribution in [1.29, 1.82) is 0 Å². The van der Waals surface area contributed by atoms with E-state index < -0.39 is 26.7 Å². The Morgan fingerprint density at radius 1 is 1.41 bits per heavy atom. The van der Waals surface area contributed by atoms with Gasteiger partial charge in [-0.05, 0) is 6.42 Å². The predicted octanol–water partition coefficient (Wildman–Crippen LogP) is -1.66. The molecule has 0 radical (unpaired) electrons. The lowest BCUT2D eigenvalue weighted by molar-refractivity contribution is -0.132. The Morgan fingerprint density at radius 2 is 1.94 bits per heavy atom. The third-order valence-corrected chi connectivity index (χ3v) is 4.86. The molecule has 0 saturated carbocycles. The summed E-state index contributed by atoms with van der Waals surface area (Å²) in [7, 11) is -3.93. The van der Waals surface area contributed by atoms with Crippen LogP contribution in [0, 0.1) is 0 Å². The molecule has 1 aliphatic rings. The van der Waals surface area contributed by atoms with Crippen molar-refractivity contribution in [2.75, 3.05) is 36.6 Å². The third kappa shape index (κ3) is 5.13. The van der Waals surface area contributed by atoms with E-state index in [4.69, 9.17) is 5.73 Å². The summed E-state index contributed by atoms with van der Waals surface area (Å²) in [6.07, 6.45) is 1.26. The van der Waals surface area contributed by atoms with E-state index in [1.165, 1.54) is 0 Å². The van der Waals surface area contributed by atoms with E-state index in [1.54, 1.807) is 4.90 Å². The largest absolute Gasteiger partial charge is 0.340 e. The summed E-state index contributed by atoms with van der Waals surface area (Å²) in [5, 5.41) is 0. The van der Waals surface area contributed by atoms with Gasteiger partial charge in [0.15, 0.2) is 0 Å². The molecule has 1 atom stereocenters. The standard InChI is InChI=1S/C9H18N2O4S2/c1-17(14,15)7-2-8(10)9(12)11-3-5-16(13)6-4-11/h8H,2-7,10H2,1H3. The molecule has 1 unspecified atom stereocenters. The fraction of sp³-hybridized carbons (Fsp3) is 0.889. The van der Waals surface area contributed by atoms with Gasteiger partial charge in [-0.2, -0.15) is 0 Å². The molecule has 0 aromatic carbocycles. The van der Waals surface area contributed by atoms with E-state index in [9.17, 15) is 17.4 Å². The van der Waals surface area contributed by atoms with Crippen LogP contribution in [-0.2, 0) is 25.4 Å². The maximum atomic E-state index is 11.8. The molecule has 6 nitrogen and oxygen atoms in total. The van der Waals surface area contributed by atoms with Gasteiger partial charge in [-0.3, -0.25) is 9.00 Å². The Labute approximate surface area is 104 Å². The van der Waals surface area contributed by atoms with Gasteiger partial charge in [0.25, 0.3) is 0 Å². The Bertz CT molecular complexity index is 397. The summed E-state index contributed by atoms with van der Waals surface area (Å²) in [5.41, 5.74) is 5.66. The van der Waals surface area contributed by atoms with Crippen LogP contribution in [0.1, 0.15) is 6.42 Å². The van der Waals surface area contributed by atoms with Crippen LogP contribution in [0.4, 0.5) is 0 Å². The lowest BCUT2D eigenvalue weighted by atomic mass is 10.2. The lowest BCUT2D eigenvalue weighted by Crippen LogP contribution is -2.49. The molecule has 0 aliphatic carbocycles. The second kappa shape index (κ2) is 5.92. The van der Waals surface area contributed by atoms with Crippen molar-refractivity contribution in [1.82, 2.24) is 4.90 Å². The first-order valence-electron chi connectivity index (χ1n) is 5.36. The first-order valence-corrected chi connectivity index (χ1v) is 8.91. The summed E-state index contributed by atoms with van der Waals surface area (Å²) in [6, 6.07) is -0.781. The number of hydrogen-bond acceptors (Lipinski definition) is 5. The van der Waals surface area contributed by atoms with Crippen LogP contribution in [0.3, 0.4) is 0 Å². The van der Waals surface area contributed by atoms with Crippen molar-refractivity contribution in [3.05, 3.63) is 0 Å². The molecule has 17 heavy (non-hydrogen) atoms. The molecule has 1 saturated heterocycles. The van der Waals surface area contributed by atoms with Crippen molar-refractivity contribution >= 4 is 26.5 Å². The Balaban J connectivity index is 2.44. The van der Waals surface area contributed by atoms with Gasteiger partial charge in [-0.1, -0.05) is 0 Å². The number of hydrogen-bond donors (Lipinski definition) is 1. The van der Waals surface area contributed by atoms with Gasteiger partial charge in [0.05, 0.1) is 11.8 Å². The predicted molar refractivity (Wildman–Crippen MR) is 66.8 cm³/mol. The van der Waals surface area contributed by atoms with Crippen LogP contribution in [-0.4, -0.2) is 66.1 Å². The van der Waals surface area contributed by atoms with Crippen molar-refractivity contribution in [2.45, 2.75) is 12.5 Å². The van der Waals surface area contributed by atoms with Gasteiger partial charge in [0, 0.05) is 41.7 Å². The van der Waals surface area contributed by atoms with E-state index in [-0.39, 0.29) is 18.1 Å². The molecule has 0 aromatic heterocycles. The minimum Gasteiger partial charge on any atom is -0.340 e. The first kappa shape index (κ1) is 14.6. The third-order valence-electron chi connectivity index (χ3n) is 2.61. The normalized spacial score (nSPS) is 20.2. The van der Waals surface area contributed by atoms with Crippen molar-refractivity contribution < 1.29 is 17.4 Å². The quantitative estimate of drug-likeness (QED) is 0.665. The molecule has 1 fully saturated rings. The molecule has 1 aliphatic heterocycles. The second-order valence-electron chi connectivity index (χ2n) is 4.20. The number of sulfone groups is 1. The maximum absolute atomic E-state index is 11.8. The van der Waals surface area contributed by atoms with Crippen LogP contribution in [0.5, 0.6) is 0 Å². The minimum absolute atomic E-state index is 0.0837. The zero-order chi connectivity index (χ0) is 13.1. The van der Waals surface area contributed by atoms with Crippen molar-refractivity contribution in [3.63, 3.8) is 0 Å². The molecule has 1 amide bonds. The maximum Gasteiger partial charge on any atom is 0.239 e. The number of carbonyl (C=O) groups excluding carboxylic acids is 1. The second-order valence-corrected chi connectivity index (χ2v) is 8.15. The van der Waals surface area contributed by atoms with E-state index in [2.05, 4.69) is 0 Å². The van der Waals surface area contributed by atoms with Crippen molar-refractivity contribution in [2.24, 2.45) is 5.73 Å². The molecule has 0 spiro atoms. The van der Waals surface area contributed by atoms with Gasteiger partial charge in [0.1, 0.15) is 9.84 Å². The SMILES string of the molecule is CS(=O)(=O)CCC(N)C(=O)N1CCS(=O)CC1. The molecule has 100 valence electrons. The first-order chi connectivity index (χ1) is 7.79. The number of nitrogens with zero attached hydrogens (tertiary/aromatic N) is 1.